The second-order valence-electron chi connectivity index (χ2n) is 5.56. The van der Waals surface area contributed by atoms with Gasteiger partial charge in [0.1, 0.15) is 11.4 Å². The van der Waals surface area contributed by atoms with E-state index in [1.165, 1.54) is 36.8 Å². The van der Waals surface area contributed by atoms with E-state index < -0.39 is 0 Å². The molecule has 2 heterocycles. The largest absolute Gasteiger partial charge is 0.348 e. The van der Waals surface area contributed by atoms with Crippen LogP contribution in [0, 0.1) is 6.92 Å². The minimum Gasteiger partial charge on any atom is -0.348 e. The van der Waals surface area contributed by atoms with Crippen molar-refractivity contribution in [2.45, 2.75) is 52.1 Å². The van der Waals surface area contributed by atoms with Crippen LogP contribution in [0.15, 0.2) is 17.0 Å². The Balaban J connectivity index is 1.85. The zero-order valence-corrected chi connectivity index (χ0v) is 12.2. The fourth-order valence-corrected chi connectivity index (χ4v) is 3.03. The summed E-state index contributed by atoms with van der Waals surface area (Å²) in [6, 6.07) is 0.496. The predicted octanol–water partition coefficient (Wildman–Crippen LogP) is 2.60. The minimum absolute atomic E-state index is 0.496. The van der Waals surface area contributed by atoms with E-state index in [-0.39, 0.29) is 0 Å². The summed E-state index contributed by atoms with van der Waals surface area (Å²) in [6.07, 6.45) is 9.53. The predicted molar refractivity (Wildman–Crippen MR) is 76.5 cm³/mol. The van der Waals surface area contributed by atoms with Gasteiger partial charge in [-0.2, -0.15) is 0 Å². The van der Waals surface area contributed by atoms with Crippen LogP contribution in [0.3, 0.4) is 0 Å². The Labute approximate surface area is 119 Å². The number of aryl methyl sites for hydroxylation is 2. The lowest BCUT2D eigenvalue weighted by molar-refractivity contribution is 0.300. The minimum atomic E-state index is 0.496. The molecule has 0 fully saturated rings. The van der Waals surface area contributed by atoms with Gasteiger partial charge in [0.25, 0.3) is 0 Å². The number of nitrogens with zero attached hydrogens (tertiary/aromatic N) is 3. The number of aromatic nitrogens is 3. The standard InChI is InChI=1S/C15H22N4O/c1-3-16-14-7-5-4-6-12-8-19(9-13(12)14)10-15-11(2)17-20-18-15/h8-9,14,16H,3-7,10H2,1-2H3. The number of hydrogen-bond acceptors (Lipinski definition) is 4. The van der Waals surface area contributed by atoms with Crippen molar-refractivity contribution in [1.29, 1.82) is 0 Å². The van der Waals surface area contributed by atoms with Gasteiger partial charge in [-0.25, -0.2) is 4.63 Å². The molecule has 2 aromatic rings. The molecule has 3 rings (SSSR count). The first kappa shape index (κ1) is 13.4. The van der Waals surface area contributed by atoms with Gasteiger partial charge in [0, 0.05) is 18.4 Å². The molecule has 20 heavy (non-hydrogen) atoms. The highest BCUT2D eigenvalue weighted by molar-refractivity contribution is 5.29. The van der Waals surface area contributed by atoms with E-state index in [1.54, 1.807) is 0 Å². The van der Waals surface area contributed by atoms with Crippen LogP contribution in [0.2, 0.25) is 0 Å². The van der Waals surface area contributed by atoms with E-state index in [1.807, 2.05) is 6.92 Å². The summed E-state index contributed by atoms with van der Waals surface area (Å²) in [5, 5.41) is 11.4. The van der Waals surface area contributed by atoms with Crippen LogP contribution in [-0.4, -0.2) is 21.4 Å². The van der Waals surface area contributed by atoms with Crippen LogP contribution in [0.4, 0.5) is 0 Å². The number of fused-ring (bicyclic) bond motifs is 1. The molecule has 5 heteroatoms. The highest BCUT2D eigenvalue weighted by Crippen LogP contribution is 2.29. The van der Waals surface area contributed by atoms with Crippen molar-refractivity contribution < 1.29 is 4.63 Å². The first-order valence-corrected chi connectivity index (χ1v) is 7.48. The molecular weight excluding hydrogens is 252 g/mol. The molecule has 2 aromatic heterocycles. The summed E-state index contributed by atoms with van der Waals surface area (Å²) in [4.78, 5) is 0. The molecule has 108 valence electrons. The van der Waals surface area contributed by atoms with Crippen molar-refractivity contribution in [2.75, 3.05) is 6.54 Å². The molecule has 0 bridgehead atoms. The number of nitrogens with one attached hydrogen (secondary N) is 1. The Hall–Kier alpha value is -1.62. The van der Waals surface area contributed by atoms with Gasteiger partial charge in [-0.1, -0.05) is 23.7 Å². The Bertz CT molecular complexity index is 572. The molecule has 0 aliphatic heterocycles. The van der Waals surface area contributed by atoms with Crippen molar-refractivity contribution >= 4 is 0 Å². The van der Waals surface area contributed by atoms with E-state index in [2.05, 4.69) is 39.5 Å². The van der Waals surface area contributed by atoms with Gasteiger partial charge in [0.05, 0.1) is 6.54 Å². The second-order valence-corrected chi connectivity index (χ2v) is 5.56. The molecule has 1 aliphatic rings. The third-order valence-electron chi connectivity index (χ3n) is 4.09. The van der Waals surface area contributed by atoms with Gasteiger partial charge in [-0.3, -0.25) is 0 Å². The smallest absolute Gasteiger partial charge is 0.127 e. The molecule has 5 nitrogen and oxygen atoms in total. The molecular formula is C15H22N4O. The molecule has 1 unspecified atom stereocenters. The van der Waals surface area contributed by atoms with Crippen molar-refractivity contribution in [3.63, 3.8) is 0 Å². The van der Waals surface area contributed by atoms with Crippen LogP contribution in [-0.2, 0) is 13.0 Å². The molecule has 0 saturated heterocycles. The van der Waals surface area contributed by atoms with Crippen molar-refractivity contribution in [2.24, 2.45) is 0 Å². The first-order valence-electron chi connectivity index (χ1n) is 7.48. The monoisotopic (exact) mass is 274 g/mol. The normalized spacial score (nSPS) is 18.8. The molecule has 0 saturated carbocycles. The van der Waals surface area contributed by atoms with Gasteiger partial charge in [-0.15, -0.1) is 0 Å². The molecule has 0 amide bonds. The summed E-state index contributed by atoms with van der Waals surface area (Å²) < 4.78 is 6.99. The lowest BCUT2D eigenvalue weighted by atomic mass is 10.0. The van der Waals surface area contributed by atoms with Gasteiger partial charge in [-0.05, 0) is 43.9 Å². The summed E-state index contributed by atoms with van der Waals surface area (Å²) in [6.45, 7) is 5.86. The average molecular weight is 274 g/mol. The summed E-state index contributed by atoms with van der Waals surface area (Å²) in [5.74, 6) is 0. The van der Waals surface area contributed by atoms with Crippen molar-refractivity contribution in [1.82, 2.24) is 20.2 Å². The molecule has 0 spiro atoms. The van der Waals surface area contributed by atoms with Crippen molar-refractivity contribution in [3.05, 3.63) is 34.9 Å². The molecule has 1 N–H and O–H groups in total. The second kappa shape index (κ2) is 5.79. The van der Waals surface area contributed by atoms with E-state index in [4.69, 9.17) is 4.63 Å². The highest BCUT2D eigenvalue weighted by Gasteiger charge is 2.20. The summed E-state index contributed by atoms with van der Waals surface area (Å²) in [7, 11) is 0. The van der Waals surface area contributed by atoms with Crippen LogP contribution in [0.5, 0.6) is 0 Å². The Morgan fingerprint density at radius 3 is 3.00 bits per heavy atom. The fraction of sp³-hybridized carbons (Fsp3) is 0.600. The van der Waals surface area contributed by atoms with Crippen LogP contribution in [0.25, 0.3) is 0 Å². The Kier molecular flexibility index (Phi) is 3.87. The Morgan fingerprint density at radius 2 is 2.25 bits per heavy atom. The van der Waals surface area contributed by atoms with Crippen LogP contribution < -0.4 is 5.32 Å². The average Bonchev–Trinajstić information content (AvgIpc) is 2.97. The number of hydrogen-bond donors (Lipinski definition) is 1. The maximum atomic E-state index is 4.77. The highest BCUT2D eigenvalue weighted by atomic mass is 16.6. The van der Waals surface area contributed by atoms with Crippen LogP contribution >= 0.6 is 0 Å². The van der Waals surface area contributed by atoms with Gasteiger partial charge in [0.15, 0.2) is 0 Å². The van der Waals surface area contributed by atoms with Gasteiger partial charge in [0.2, 0.25) is 0 Å². The van der Waals surface area contributed by atoms with Gasteiger partial charge < -0.3 is 9.88 Å². The van der Waals surface area contributed by atoms with E-state index in [0.717, 1.165) is 24.5 Å². The maximum Gasteiger partial charge on any atom is 0.127 e. The van der Waals surface area contributed by atoms with Crippen LogP contribution in [0.1, 0.15) is 54.7 Å². The molecule has 1 atom stereocenters. The SMILES string of the molecule is CCNC1CCCCc2cn(Cc3nonc3C)cc21. The lowest BCUT2D eigenvalue weighted by Gasteiger charge is -2.15. The topological polar surface area (TPSA) is 55.9 Å². The summed E-state index contributed by atoms with van der Waals surface area (Å²) in [5.41, 5.74) is 4.72. The quantitative estimate of drug-likeness (QED) is 0.871. The third kappa shape index (κ3) is 2.63. The van der Waals surface area contributed by atoms with E-state index in [9.17, 15) is 0 Å². The summed E-state index contributed by atoms with van der Waals surface area (Å²) >= 11 is 0. The fourth-order valence-electron chi connectivity index (χ4n) is 3.03. The molecule has 0 aromatic carbocycles. The number of rotatable bonds is 4. The van der Waals surface area contributed by atoms with E-state index in [0.29, 0.717) is 6.04 Å². The first-order chi connectivity index (χ1) is 9.78. The zero-order valence-electron chi connectivity index (χ0n) is 12.2. The van der Waals surface area contributed by atoms with Crippen molar-refractivity contribution in [3.8, 4) is 0 Å². The Morgan fingerprint density at radius 1 is 1.35 bits per heavy atom. The third-order valence-corrected chi connectivity index (χ3v) is 4.09. The van der Waals surface area contributed by atoms with E-state index >= 15 is 0 Å². The van der Waals surface area contributed by atoms with Gasteiger partial charge >= 0.3 is 0 Å². The molecule has 0 radical (unpaired) electrons. The maximum absolute atomic E-state index is 4.77. The molecule has 1 aliphatic carbocycles. The lowest BCUT2D eigenvalue weighted by Crippen LogP contribution is -2.20. The zero-order chi connectivity index (χ0) is 13.9.